The van der Waals surface area contributed by atoms with Crippen LogP contribution in [0.5, 0.6) is 0 Å². The molecule has 0 saturated heterocycles. The van der Waals surface area contributed by atoms with Gasteiger partial charge in [-0.3, -0.25) is 4.98 Å². The van der Waals surface area contributed by atoms with Gasteiger partial charge in [0.05, 0.1) is 5.52 Å². The van der Waals surface area contributed by atoms with Crippen LogP contribution in [0.15, 0.2) is 36.5 Å². The summed E-state index contributed by atoms with van der Waals surface area (Å²) in [5, 5.41) is 1.25. The minimum Gasteiger partial charge on any atom is -0.328 e. The number of aryl methyl sites for hydroxylation is 1. The molecule has 1 aromatic heterocycles. The third-order valence-electron chi connectivity index (χ3n) is 2.61. The molecular weight excluding hydrogens is 184 g/mol. The van der Waals surface area contributed by atoms with Gasteiger partial charge < -0.3 is 5.73 Å². The fourth-order valence-corrected chi connectivity index (χ4v) is 1.77. The van der Waals surface area contributed by atoms with Gasteiger partial charge in [0.2, 0.25) is 0 Å². The van der Waals surface area contributed by atoms with Crippen molar-refractivity contribution < 1.29 is 0 Å². The largest absolute Gasteiger partial charge is 0.328 e. The highest BCUT2D eigenvalue weighted by atomic mass is 14.6. The highest BCUT2D eigenvalue weighted by molar-refractivity contribution is 5.81. The first-order valence-corrected chi connectivity index (χ1v) is 5.35. The molecule has 0 aliphatic carbocycles. The molecule has 2 rings (SSSR count). The first kappa shape index (κ1) is 10.1. The molecular formula is C13H16N2. The molecule has 0 amide bonds. The molecule has 0 saturated carbocycles. The minimum atomic E-state index is 0.261. The van der Waals surface area contributed by atoms with Gasteiger partial charge in [-0.2, -0.15) is 0 Å². The van der Waals surface area contributed by atoms with Gasteiger partial charge in [0.1, 0.15) is 0 Å². The summed E-state index contributed by atoms with van der Waals surface area (Å²) in [6.07, 6.45) is 3.88. The Labute approximate surface area is 90.1 Å². The van der Waals surface area contributed by atoms with Crippen LogP contribution in [0, 0.1) is 0 Å². The molecule has 1 atom stereocenters. The summed E-state index contributed by atoms with van der Waals surface area (Å²) < 4.78 is 0. The van der Waals surface area contributed by atoms with E-state index in [0.29, 0.717) is 0 Å². The molecule has 1 unspecified atom stereocenters. The first-order chi connectivity index (χ1) is 7.27. The second kappa shape index (κ2) is 4.41. The SMILES string of the molecule is CC(N)CCc1cccc2ncccc12. The van der Waals surface area contributed by atoms with Gasteiger partial charge in [0.15, 0.2) is 0 Å². The Morgan fingerprint density at radius 2 is 2.13 bits per heavy atom. The second-order valence-corrected chi connectivity index (χ2v) is 4.00. The predicted molar refractivity (Wildman–Crippen MR) is 63.7 cm³/mol. The van der Waals surface area contributed by atoms with Crippen molar-refractivity contribution in [2.45, 2.75) is 25.8 Å². The lowest BCUT2D eigenvalue weighted by atomic mass is 10.0. The smallest absolute Gasteiger partial charge is 0.0704 e. The van der Waals surface area contributed by atoms with E-state index in [2.05, 4.69) is 23.2 Å². The van der Waals surface area contributed by atoms with Gasteiger partial charge >= 0.3 is 0 Å². The summed E-state index contributed by atoms with van der Waals surface area (Å²) in [6, 6.07) is 10.6. The lowest BCUT2D eigenvalue weighted by Crippen LogP contribution is -2.15. The molecule has 15 heavy (non-hydrogen) atoms. The van der Waals surface area contributed by atoms with Crippen LogP contribution >= 0.6 is 0 Å². The van der Waals surface area contributed by atoms with Crippen LogP contribution in [-0.4, -0.2) is 11.0 Å². The average molecular weight is 200 g/mol. The lowest BCUT2D eigenvalue weighted by Gasteiger charge is -2.07. The van der Waals surface area contributed by atoms with Gasteiger partial charge in [-0.15, -0.1) is 0 Å². The number of nitrogens with two attached hydrogens (primary N) is 1. The van der Waals surface area contributed by atoms with Gasteiger partial charge in [0, 0.05) is 17.6 Å². The Kier molecular flexibility index (Phi) is 2.97. The maximum Gasteiger partial charge on any atom is 0.0704 e. The maximum atomic E-state index is 5.77. The molecule has 1 heterocycles. The zero-order valence-electron chi connectivity index (χ0n) is 8.98. The monoisotopic (exact) mass is 200 g/mol. The molecule has 1 aromatic carbocycles. The van der Waals surface area contributed by atoms with E-state index < -0.39 is 0 Å². The third kappa shape index (κ3) is 2.34. The van der Waals surface area contributed by atoms with Crippen molar-refractivity contribution in [1.82, 2.24) is 4.98 Å². The fourth-order valence-electron chi connectivity index (χ4n) is 1.77. The van der Waals surface area contributed by atoms with Crippen molar-refractivity contribution in [2.75, 3.05) is 0 Å². The van der Waals surface area contributed by atoms with Crippen LogP contribution in [-0.2, 0) is 6.42 Å². The summed E-state index contributed by atoms with van der Waals surface area (Å²) in [5.41, 5.74) is 8.18. The number of hydrogen-bond donors (Lipinski definition) is 1. The summed E-state index contributed by atoms with van der Waals surface area (Å²) in [6.45, 7) is 2.05. The minimum absolute atomic E-state index is 0.261. The number of nitrogens with zero attached hydrogens (tertiary/aromatic N) is 1. The van der Waals surface area contributed by atoms with Crippen LogP contribution in [0.3, 0.4) is 0 Å². The van der Waals surface area contributed by atoms with Crippen molar-refractivity contribution in [3.05, 3.63) is 42.1 Å². The first-order valence-electron chi connectivity index (χ1n) is 5.35. The number of aromatic nitrogens is 1. The molecule has 2 aromatic rings. The molecule has 2 heteroatoms. The zero-order valence-corrected chi connectivity index (χ0v) is 8.98. The van der Waals surface area contributed by atoms with E-state index in [-0.39, 0.29) is 6.04 Å². The molecule has 0 fully saturated rings. The summed E-state index contributed by atoms with van der Waals surface area (Å²) >= 11 is 0. The number of benzene rings is 1. The van der Waals surface area contributed by atoms with Crippen LogP contribution in [0.4, 0.5) is 0 Å². The van der Waals surface area contributed by atoms with E-state index in [1.807, 2.05) is 25.3 Å². The average Bonchev–Trinajstić information content (AvgIpc) is 2.26. The zero-order chi connectivity index (χ0) is 10.7. The Hall–Kier alpha value is -1.41. The number of rotatable bonds is 3. The van der Waals surface area contributed by atoms with E-state index in [1.54, 1.807) is 0 Å². The van der Waals surface area contributed by atoms with E-state index in [4.69, 9.17) is 5.73 Å². The summed E-state index contributed by atoms with van der Waals surface area (Å²) in [5.74, 6) is 0. The highest BCUT2D eigenvalue weighted by Crippen LogP contribution is 2.17. The van der Waals surface area contributed by atoms with E-state index in [1.165, 1.54) is 10.9 Å². The van der Waals surface area contributed by atoms with Crippen LogP contribution in [0.25, 0.3) is 10.9 Å². The quantitative estimate of drug-likeness (QED) is 0.826. The molecule has 2 N–H and O–H groups in total. The van der Waals surface area contributed by atoms with Crippen molar-refractivity contribution in [3.8, 4) is 0 Å². The van der Waals surface area contributed by atoms with Crippen LogP contribution in [0.1, 0.15) is 18.9 Å². The molecule has 0 bridgehead atoms. The van der Waals surface area contributed by atoms with E-state index in [9.17, 15) is 0 Å². The van der Waals surface area contributed by atoms with Crippen molar-refractivity contribution in [1.29, 1.82) is 0 Å². The third-order valence-corrected chi connectivity index (χ3v) is 2.61. The number of pyridine rings is 1. The molecule has 0 aliphatic heterocycles. The Balaban J connectivity index is 2.34. The molecule has 0 spiro atoms. The van der Waals surface area contributed by atoms with Gasteiger partial charge in [0.25, 0.3) is 0 Å². The fraction of sp³-hybridized carbons (Fsp3) is 0.308. The Morgan fingerprint density at radius 3 is 2.93 bits per heavy atom. The van der Waals surface area contributed by atoms with Crippen LogP contribution < -0.4 is 5.73 Å². The van der Waals surface area contributed by atoms with E-state index >= 15 is 0 Å². The van der Waals surface area contributed by atoms with Crippen molar-refractivity contribution >= 4 is 10.9 Å². The van der Waals surface area contributed by atoms with Crippen LogP contribution in [0.2, 0.25) is 0 Å². The van der Waals surface area contributed by atoms with Crippen molar-refractivity contribution in [3.63, 3.8) is 0 Å². The number of hydrogen-bond acceptors (Lipinski definition) is 2. The van der Waals surface area contributed by atoms with Gasteiger partial charge in [-0.05, 0) is 37.5 Å². The lowest BCUT2D eigenvalue weighted by molar-refractivity contribution is 0.668. The molecule has 2 nitrogen and oxygen atoms in total. The Morgan fingerprint density at radius 1 is 1.27 bits per heavy atom. The van der Waals surface area contributed by atoms with Crippen molar-refractivity contribution in [2.24, 2.45) is 5.73 Å². The summed E-state index contributed by atoms with van der Waals surface area (Å²) in [4.78, 5) is 4.34. The van der Waals surface area contributed by atoms with E-state index in [0.717, 1.165) is 18.4 Å². The molecule has 0 radical (unpaired) electrons. The Bertz CT molecular complexity index is 444. The standard InChI is InChI=1S/C13H16N2/c1-10(14)7-8-11-4-2-6-13-12(11)5-3-9-15-13/h2-6,9-10H,7-8,14H2,1H3. The van der Waals surface area contributed by atoms with Gasteiger partial charge in [-0.1, -0.05) is 18.2 Å². The maximum absolute atomic E-state index is 5.77. The number of fused-ring (bicyclic) bond motifs is 1. The van der Waals surface area contributed by atoms with Gasteiger partial charge in [-0.25, -0.2) is 0 Å². The topological polar surface area (TPSA) is 38.9 Å². The molecule has 0 aliphatic rings. The molecule has 78 valence electrons. The predicted octanol–water partition coefficient (Wildman–Crippen LogP) is 2.51. The highest BCUT2D eigenvalue weighted by Gasteiger charge is 2.02. The second-order valence-electron chi connectivity index (χ2n) is 4.00. The summed E-state index contributed by atoms with van der Waals surface area (Å²) in [7, 11) is 0. The normalized spacial score (nSPS) is 12.9.